The summed E-state index contributed by atoms with van der Waals surface area (Å²) < 4.78 is 27.3. The summed E-state index contributed by atoms with van der Waals surface area (Å²) in [4.78, 5) is 4.19. The first-order chi connectivity index (χ1) is 11.5. The molecule has 0 saturated heterocycles. The van der Waals surface area contributed by atoms with Gasteiger partial charge in [0, 0.05) is 17.1 Å². The molecule has 6 nitrogen and oxygen atoms in total. The van der Waals surface area contributed by atoms with Gasteiger partial charge in [-0.3, -0.25) is 9.71 Å². The normalized spacial score (nSPS) is 16.9. The van der Waals surface area contributed by atoms with Crippen molar-refractivity contribution in [2.75, 3.05) is 4.72 Å². The molecule has 3 N–H and O–H groups in total. The summed E-state index contributed by atoms with van der Waals surface area (Å²) in [6, 6.07) is 11.0. The molecule has 2 aromatic carbocycles. The third-order valence-electron chi connectivity index (χ3n) is 3.87. The molecule has 0 saturated carbocycles. The van der Waals surface area contributed by atoms with Crippen LogP contribution in [0.1, 0.15) is 11.1 Å². The van der Waals surface area contributed by atoms with E-state index in [0.717, 1.165) is 0 Å². The third kappa shape index (κ3) is 2.17. The molecule has 0 spiro atoms. The highest BCUT2D eigenvalue weighted by Gasteiger charge is 2.30. The van der Waals surface area contributed by atoms with Crippen LogP contribution in [0.15, 0.2) is 48.7 Å². The van der Waals surface area contributed by atoms with Gasteiger partial charge in [-0.1, -0.05) is 12.1 Å². The zero-order valence-electron chi connectivity index (χ0n) is 12.3. The van der Waals surface area contributed by atoms with Crippen molar-refractivity contribution in [3.63, 3.8) is 0 Å². The second-order valence-electron chi connectivity index (χ2n) is 5.42. The Morgan fingerprint density at radius 2 is 1.92 bits per heavy atom. The molecule has 0 unspecified atom stereocenters. The van der Waals surface area contributed by atoms with Gasteiger partial charge in [-0.15, -0.1) is 0 Å². The zero-order chi connectivity index (χ0) is 16.9. The second kappa shape index (κ2) is 4.97. The van der Waals surface area contributed by atoms with Crippen LogP contribution in [0.25, 0.3) is 21.9 Å². The lowest BCUT2D eigenvalue weighted by Gasteiger charge is -2.05. The van der Waals surface area contributed by atoms with Crippen molar-refractivity contribution in [2.24, 2.45) is 0 Å². The van der Waals surface area contributed by atoms with Gasteiger partial charge >= 0.3 is 0 Å². The van der Waals surface area contributed by atoms with Crippen molar-refractivity contribution < 1.29 is 18.6 Å². The first-order valence-electron chi connectivity index (χ1n) is 7.10. The Balaban J connectivity index is 2.00. The number of aromatic hydroxyl groups is 2. The molecule has 2 heterocycles. The van der Waals surface area contributed by atoms with Gasteiger partial charge in [0.15, 0.2) is 0 Å². The molecule has 3 aromatic rings. The van der Waals surface area contributed by atoms with Gasteiger partial charge in [-0.2, -0.15) is 0 Å². The maximum Gasteiger partial charge on any atom is 0.262 e. The van der Waals surface area contributed by atoms with Crippen LogP contribution in [0.4, 0.5) is 5.69 Å². The standard InChI is InChI=1S/C17H12N2O4S/c20-11-4-5-14-13(9-11)16(24(22,23)19-14)8-10-6-7-18-17-12(10)2-1-3-15(17)21/h1-9,19-21H. The molecule has 0 aliphatic carbocycles. The summed E-state index contributed by atoms with van der Waals surface area (Å²) in [5.41, 5.74) is 1.82. The summed E-state index contributed by atoms with van der Waals surface area (Å²) >= 11 is 0. The highest BCUT2D eigenvalue weighted by molar-refractivity contribution is 8.02. The average molecular weight is 340 g/mol. The van der Waals surface area contributed by atoms with E-state index in [2.05, 4.69) is 9.71 Å². The Morgan fingerprint density at radius 3 is 2.75 bits per heavy atom. The first-order valence-corrected chi connectivity index (χ1v) is 8.59. The molecule has 0 bridgehead atoms. The number of hydrogen-bond acceptors (Lipinski definition) is 5. The Bertz CT molecular complexity index is 1120. The van der Waals surface area contributed by atoms with Crippen LogP contribution >= 0.6 is 0 Å². The summed E-state index contributed by atoms with van der Waals surface area (Å²) in [5, 5.41) is 20.2. The Hall–Kier alpha value is -3.06. The van der Waals surface area contributed by atoms with Gasteiger partial charge < -0.3 is 10.2 Å². The lowest BCUT2D eigenvalue weighted by molar-refractivity contribution is 0.475. The fourth-order valence-corrected chi connectivity index (χ4v) is 4.09. The number of aromatic nitrogens is 1. The van der Waals surface area contributed by atoms with E-state index in [1.807, 2.05) is 0 Å². The molecule has 1 aliphatic rings. The first kappa shape index (κ1) is 14.5. The molecule has 0 fully saturated rings. The van der Waals surface area contributed by atoms with E-state index in [1.54, 1.807) is 18.2 Å². The molecular formula is C17H12N2O4S. The number of phenols is 2. The molecule has 4 rings (SSSR count). The summed E-state index contributed by atoms with van der Waals surface area (Å²) in [6.45, 7) is 0. The number of hydrogen-bond donors (Lipinski definition) is 3. The molecule has 120 valence electrons. The minimum absolute atomic E-state index is 0.0178. The second-order valence-corrected chi connectivity index (χ2v) is 7.07. The molecule has 7 heteroatoms. The van der Waals surface area contributed by atoms with E-state index in [-0.39, 0.29) is 16.4 Å². The van der Waals surface area contributed by atoms with Crippen molar-refractivity contribution in [1.29, 1.82) is 0 Å². The maximum absolute atomic E-state index is 12.4. The number of anilines is 1. The van der Waals surface area contributed by atoms with Crippen LogP contribution in [0.2, 0.25) is 0 Å². The van der Waals surface area contributed by atoms with Crippen LogP contribution < -0.4 is 4.72 Å². The molecule has 1 aliphatic heterocycles. The number of fused-ring (bicyclic) bond motifs is 2. The minimum Gasteiger partial charge on any atom is -0.508 e. The lowest BCUT2D eigenvalue weighted by atomic mass is 10.1. The topological polar surface area (TPSA) is 99.5 Å². The van der Waals surface area contributed by atoms with E-state index in [0.29, 0.717) is 27.7 Å². The van der Waals surface area contributed by atoms with E-state index in [1.165, 1.54) is 36.5 Å². The van der Waals surface area contributed by atoms with E-state index >= 15 is 0 Å². The smallest absolute Gasteiger partial charge is 0.262 e. The van der Waals surface area contributed by atoms with Crippen molar-refractivity contribution in [2.45, 2.75) is 0 Å². The number of pyridine rings is 1. The molecule has 1 aromatic heterocycles. The maximum atomic E-state index is 12.4. The van der Waals surface area contributed by atoms with Gasteiger partial charge in [-0.25, -0.2) is 8.42 Å². The average Bonchev–Trinajstić information content (AvgIpc) is 2.79. The van der Waals surface area contributed by atoms with Crippen molar-refractivity contribution >= 4 is 37.6 Å². The summed E-state index contributed by atoms with van der Waals surface area (Å²) in [7, 11) is -3.72. The van der Waals surface area contributed by atoms with Crippen molar-refractivity contribution in [1.82, 2.24) is 4.98 Å². The zero-order valence-corrected chi connectivity index (χ0v) is 13.1. The molecule has 0 amide bonds. The Labute approximate surface area is 137 Å². The Kier molecular flexibility index (Phi) is 3.01. The summed E-state index contributed by atoms with van der Waals surface area (Å²) in [5.74, 6) is 0.00831. The van der Waals surface area contributed by atoms with Crippen molar-refractivity contribution in [3.05, 3.63) is 59.8 Å². The monoisotopic (exact) mass is 340 g/mol. The fourth-order valence-electron chi connectivity index (χ4n) is 2.77. The van der Waals surface area contributed by atoms with Crippen LogP contribution in [-0.2, 0) is 10.0 Å². The number of sulfonamides is 1. The Morgan fingerprint density at radius 1 is 1.08 bits per heavy atom. The van der Waals surface area contributed by atoms with Gasteiger partial charge in [0.1, 0.15) is 17.0 Å². The van der Waals surface area contributed by atoms with Gasteiger partial charge in [0.2, 0.25) is 0 Å². The number of rotatable bonds is 1. The fraction of sp³-hybridized carbons (Fsp3) is 0. The lowest BCUT2D eigenvalue weighted by Crippen LogP contribution is -2.05. The highest BCUT2D eigenvalue weighted by atomic mass is 32.2. The SMILES string of the molecule is O=S1(=O)Nc2ccc(O)cc2C1=Cc1ccnc2c(O)cccc12. The van der Waals surface area contributed by atoms with E-state index in [4.69, 9.17) is 0 Å². The molecule has 0 radical (unpaired) electrons. The highest BCUT2D eigenvalue weighted by Crippen LogP contribution is 2.40. The van der Waals surface area contributed by atoms with Crippen LogP contribution in [0, 0.1) is 0 Å². The van der Waals surface area contributed by atoms with Crippen LogP contribution in [0.3, 0.4) is 0 Å². The van der Waals surface area contributed by atoms with Gasteiger partial charge in [0.25, 0.3) is 10.0 Å². The molecule has 0 atom stereocenters. The summed E-state index contributed by atoms with van der Waals surface area (Å²) in [6.07, 6.45) is 3.02. The van der Waals surface area contributed by atoms with E-state index in [9.17, 15) is 18.6 Å². The largest absolute Gasteiger partial charge is 0.508 e. The van der Waals surface area contributed by atoms with Crippen molar-refractivity contribution in [3.8, 4) is 11.5 Å². The number of benzene rings is 2. The third-order valence-corrected chi connectivity index (χ3v) is 5.28. The molecule has 24 heavy (non-hydrogen) atoms. The number of nitrogens with one attached hydrogen (secondary N) is 1. The number of para-hydroxylation sites is 1. The van der Waals surface area contributed by atoms with Gasteiger partial charge in [0.05, 0.1) is 10.6 Å². The minimum atomic E-state index is -3.72. The van der Waals surface area contributed by atoms with Crippen LogP contribution in [0.5, 0.6) is 11.5 Å². The predicted molar refractivity (Wildman–Crippen MR) is 91.9 cm³/mol. The predicted octanol–water partition coefficient (Wildman–Crippen LogP) is 2.90. The van der Waals surface area contributed by atoms with Crippen LogP contribution in [-0.4, -0.2) is 23.6 Å². The number of phenolic OH excluding ortho intramolecular Hbond substituents is 2. The number of nitrogens with zero attached hydrogens (tertiary/aromatic N) is 1. The van der Waals surface area contributed by atoms with E-state index < -0.39 is 10.0 Å². The van der Waals surface area contributed by atoms with Gasteiger partial charge in [-0.05, 0) is 42.0 Å². The quantitative estimate of drug-likeness (QED) is 0.592. The molecular weight excluding hydrogens is 328 g/mol.